The Hall–Kier alpha value is -1.30. The predicted molar refractivity (Wildman–Crippen MR) is 36.3 cm³/mol. The summed E-state index contributed by atoms with van der Waals surface area (Å²) in [5.74, 6) is 0. The van der Waals surface area contributed by atoms with Crippen molar-refractivity contribution in [2.45, 2.75) is 0 Å². The van der Waals surface area contributed by atoms with E-state index in [1.807, 2.05) is 5.38 Å². The summed E-state index contributed by atoms with van der Waals surface area (Å²) >= 11 is 1.35. The number of nitrogens with zero attached hydrogens (tertiary/aromatic N) is 4. The van der Waals surface area contributed by atoms with Gasteiger partial charge < -0.3 is 0 Å². The molecule has 0 saturated carbocycles. The molecule has 2 heterocycles. The van der Waals surface area contributed by atoms with Gasteiger partial charge in [0, 0.05) is 11.6 Å². The SMILES string of the molecule is c1c[nH]nn1.c1csnn1. The number of nitrogens with one attached hydrogen (secondary N) is 1. The van der Waals surface area contributed by atoms with Gasteiger partial charge in [-0.3, -0.25) is 5.10 Å². The third-order valence-electron chi connectivity index (χ3n) is 0.614. The molecule has 1 N–H and O–H groups in total. The summed E-state index contributed by atoms with van der Waals surface area (Å²) in [6.07, 6.45) is 4.89. The van der Waals surface area contributed by atoms with Crippen molar-refractivity contribution >= 4 is 11.5 Å². The van der Waals surface area contributed by atoms with Crippen molar-refractivity contribution in [1.29, 1.82) is 0 Å². The molecule has 0 fully saturated rings. The Balaban J connectivity index is 0.0000001000. The largest absolute Gasteiger partial charge is 0.266 e. The smallest absolute Gasteiger partial charge is 0.0690 e. The van der Waals surface area contributed by atoms with Crippen LogP contribution in [-0.2, 0) is 0 Å². The first kappa shape index (κ1) is 6.81. The van der Waals surface area contributed by atoms with Crippen LogP contribution in [0.1, 0.15) is 0 Å². The van der Waals surface area contributed by atoms with Crippen LogP contribution in [0.2, 0.25) is 0 Å². The zero-order valence-electron chi connectivity index (χ0n) is 5.01. The summed E-state index contributed by atoms with van der Waals surface area (Å²) in [6.45, 7) is 0. The minimum Gasteiger partial charge on any atom is -0.266 e. The van der Waals surface area contributed by atoms with E-state index in [4.69, 9.17) is 0 Å². The topological polar surface area (TPSA) is 67.3 Å². The molecule has 0 amide bonds. The monoisotopic (exact) mass is 155 g/mol. The van der Waals surface area contributed by atoms with Crippen molar-refractivity contribution in [3.8, 4) is 0 Å². The van der Waals surface area contributed by atoms with Gasteiger partial charge in [-0.05, 0) is 11.5 Å². The molecule has 2 aromatic rings. The van der Waals surface area contributed by atoms with Crippen LogP contribution < -0.4 is 0 Å². The third-order valence-corrected chi connectivity index (χ3v) is 1.05. The van der Waals surface area contributed by atoms with Crippen LogP contribution in [0.3, 0.4) is 0 Å². The number of hydrogen-bond acceptors (Lipinski definition) is 5. The lowest BCUT2D eigenvalue weighted by atomic mass is 11.0. The Morgan fingerprint density at radius 2 is 2.20 bits per heavy atom. The number of rotatable bonds is 0. The van der Waals surface area contributed by atoms with E-state index in [2.05, 4.69) is 25.0 Å². The van der Waals surface area contributed by atoms with Gasteiger partial charge in [-0.15, -0.1) is 10.2 Å². The number of aromatic nitrogens is 5. The van der Waals surface area contributed by atoms with Gasteiger partial charge >= 0.3 is 0 Å². The third kappa shape index (κ3) is 2.88. The molecule has 5 nitrogen and oxygen atoms in total. The molecule has 0 radical (unpaired) electrons. The fourth-order valence-electron chi connectivity index (χ4n) is 0.303. The fourth-order valence-corrected chi connectivity index (χ4v) is 0.575. The molecule has 0 atom stereocenters. The Labute approximate surface area is 61.3 Å². The molecule has 52 valence electrons. The second kappa shape index (κ2) is 4.57. The van der Waals surface area contributed by atoms with Gasteiger partial charge in [0.15, 0.2) is 0 Å². The van der Waals surface area contributed by atoms with Crippen molar-refractivity contribution < 1.29 is 0 Å². The maximum absolute atomic E-state index is 3.51. The zero-order chi connectivity index (χ0) is 7.07. The summed E-state index contributed by atoms with van der Waals surface area (Å²) in [7, 11) is 0. The minimum absolute atomic E-state index is 1.35. The fraction of sp³-hybridized carbons (Fsp3) is 0. The Kier molecular flexibility index (Phi) is 3.11. The van der Waals surface area contributed by atoms with Crippen LogP contribution in [0, 0.1) is 0 Å². The Bertz CT molecular complexity index is 153. The average molecular weight is 155 g/mol. The van der Waals surface area contributed by atoms with Crippen LogP contribution in [0.5, 0.6) is 0 Å². The summed E-state index contributed by atoms with van der Waals surface area (Å²) in [5, 5.41) is 14.6. The van der Waals surface area contributed by atoms with Crippen molar-refractivity contribution in [2.75, 3.05) is 0 Å². The van der Waals surface area contributed by atoms with Crippen LogP contribution in [0.25, 0.3) is 0 Å². The molecule has 0 aromatic carbocycles. The Morgan fingerprint density at radius 1 is 1.20 bits per heavy atom. The van der Waals surface area contributed by atoms with Crippen molar-refractivity contribution in [3.63, 3.8) is 0 Å². The quantitative estimate of drug-likeness (QED) is 0.595. The molecule has 0 aliphatic carbocycles. The van der Waals surface area contributed by atoms with E-state index >= 15 is 0 Å². The lowest BCUT2D eigenvalue weighted by molar-refractivity contribution is 0.940. The maximum atomic E-state index is 3.51. The van der Waals surface area contributed by atoms with Gasteiger partial charge in [-0.25, -0.2) is 0 Å². The first-order chi connectivity index (χ1) is 5.00. The van der Waals surface area contributed by atoms with Crippen molar-refractivity contribution in [2.24, 2.45) is 0 Å². The normalized spacial score (nSPS) is 8.00. The highest BCUT2D eigenvalue weighted by Crippen LogP contribution is 1.78. The van der Waals surface area contributed by atoms with E-state index in [-0.39, 0.29) is 0 Å². The Morgan fingerprint density at radius 3 is 2.40 bits per heavy atom. The molecule has 0 aliphatic heterocycles. The van der Waals surface area contributed by atoms with Gasteiger partial charge in [0.1, 0.15) is 0 Å². The molecule has 2 aromatic heterocycles. The first-order valence-electron chi connectivity index (χ1n) is 2.51. The van der Waals surface area contributed by atoms with Crippen LogP contribution in [-0.4, -0.2) is 25.0 Å². The van der Waals surface area contributed by atoms with Crippen molar-refractivity contribution in [3.05, 3.63) is 24.0 Å². The standard InChI is InChI=1S/C2H3N3.C2H2N2S/c1-2-4-5-3-1;1-2-5-4-3-1/h1-2H,(H,3,4,5);1-2H. The van der Waals surface area contributed by atoms with Crippen molar-refractivity contribution in [1.82, 2.24) is 25.0 Å². The van der Waals surface area contributed by atoms with E-state index in [0.717, 1.165) is 0 Å². The lowest BCUT2D eigenvalue weighted by Gasteiger charge is -1.46. The van der Waals surface area contributed by atoms with E-state index in [0.29, 0.717) is 0 Å². The van der Waals surface area contributed by atoms with E-state index in [1.165, 1.54) is 11.5 Å². The van der Waals surface area contributed by atoms with Gasteiger partial charge in [-0.1, -0.05) is 9.70 Å². The summed E-state index contributed by atoms with van der Waals surface area (Å²) in [4.78, 5) is 0. The second-order valence-electron chi connectivity index (χ2n) is 1.25. The number of H-pyrrole nitrogens is 1. The first-order valence-corrected chi connectivity index (χ1v) is 3.35. The van der Waals surface area contributed by atoms with E-state index in [1.54, 1.807) is 18.6 Å². The highest BCUT2D eigenvalue weighted by Gasteiger charge is 1.61. The molecule has 0 bridgehead atoms. The molecular formula is C4H5N5S. The predicted octanol–water partition coefficient (Wildman–Crippen LogP) is 0.343. The number of aromatic amines is 1. The highest BCUT2D eigenvalue weighted by molar-refractivity contribution is 7.03. The average Bonchev–Trinajstić information content (AvgIpc) is 2.67. The summed E-state index contributed by atoms with van der Waals surface area (Å²) < 4.78 is 3.51. The molecule has 0 spiro atoms. The number of hydrogen-bond donors (Lipinski definition) is 1. The van der Waals surface area contributed by atoms with Gasteiger partial charge in [0.25, 0.3) is 0 Å². The maximum Gasteiger partial charge on any atom is 0.0690 e. The molecule has 0 aliphatic rings. The molecule has 10 heavy (non-hydrogen) atoms. The van der Waals surface area contributed by atoms with E-state index < -0.39 is 0 Å². The van der Waals surface area contributed by atoms with Crippen LogP contribution in [0.15, 0.2) is 24.0 Å². The van der Waals surface area contributed by atoms with Crippen LogP contribution >= 0.6 is 11.5 Å². The molecule has 2 rings (SSSR count). The molecular weight excluding hydrogens is 150 g/mol. The van der Waals surface area contributed by atoms with Gasteiger partial charge in [0.05, 0.1) is 12.4 Å². The highest BCUT2D eigenvalue weighted by atomic mass is 32.1. The molecule has 6 heteroatoms. The molecule has 0 unspecified atom stereocenters. The van der Waals surface area contributed by atoms with Crippen LogP contribution in [0.4, 0.5) is 0 Å². The lowest BCUT2D eigenvalue weighted by Crippen LogP contribution is -1.61. The summed E-state index contributed by atoms with van der Waals surface area (Å²) in [5.41, 5.74) is 0. The minimum atomic E-state index is 1.35. The van der Waals surface area contributed by atoms with E-state index in [9.17, 15) is 0 Å². The molecule has 0 saturated heterocycles. The summed E-state index contributed by atoms with van der Waals surface area (Å²) in [6, 6.07) is 0. The second-order valence-corrected chi connectivity index (χ2v) is 1.89. The van der Waals surface area contributed by atoms with Gasteiger partial charge in [0.2, 0.25) is 0 Å². The zero-order valence-corrected chi connectivity index (χ0v) is 5.82. The van der Waals surface area contributed by atoms with Gasteiger partial charge in [-0.2, -0.15) is 0 Å².